The molecule has 1 aromatic rings. The van der Waals surface area contributed by atoms with Gasteiger partial charge in [0.25, 0.3) is 0 Å². The van der Waals surface area contributed by atoms with Crippen molar-refractivity contribution < 1.29 is 4.79 Å². The van der Waals surface area contributed by atoms with Crippen LogP contribution in [-0.2, 0) is 4.79 Å². The lowest BCUT2D eigenvalue weighted by molar-refractivity contribution is -0.129. The molecule has 3 rings (SSSR count). The van der Waals surface area contributed by atoms with Crippen LogP contribution in [0.1, 0.15) is 19.8 Å². The van der Waals surface area contributed by atoms with Gasteiger partial charge in [-0.2, -0.15) is 10.1 Å². The molecule has 2 aliphatic rings. The number of hydrogen-bond donors (Lipinski definition) is 0. The summed E-state index contributed by atoms with van der Waals surface area (Å²) in [6.45, 7) is 6.76. The van der Waals surface area contributed by atoms with Crippen LogP contribution in [0.3, 0.4) is 0 Å². The molecule has 0 radical (unpaired) electrons. The van der Waals surface area contributed by atoms with Gasteiger partial charge in [-0.1, -0.05) is 0 Å². The van der Waals surface area contributed by atoms with E-state index in [4.69, 9.17) is 0 Å². The number of nitrogens with zero attached hydrogens (tertiary/aromatic N) is 6. The maximum atomic E-state index is 11.3. The zero-order valence-electron chi connectivity index (χ0n) is 11.8. The number of rotatable bonds is 2. The van der Waals surface area contributed by atoms with Crippen molar-refractivity contribution in [2.45, 2.75) is 19.8 Å². The lowest BCUT2D eigenvalue weighted by Crippen LogP contribution is -2.48. The highest BCUT2D eigenvalue weighted by Crippen LogP contribution is 2.18. The molecular formula is C13H20N6O. The highest BCUT2D eigenvalue weighted by Gasteiger charge is 2.21. The number of amides is 1. The molecular weight excluding hydrogens is 256 g/mol. The molecule has 0 aromatic carbocycles. The van der Waals surface area contributed by atoms with Gasteiger partial charge >= 0.3 is 0 Å². The maximum Gasteiger partial charge on any atom is 0.247 e. The van der Waals surface area contributed by atoms with Gasteiger partial charge in [-0.15, -0.1) is 5.10 Å². The summed E-state index contributed by atoms with van der Waals surface area (Å²) < 4.78 is 0. The fourth-order valence-corrected chi connectivity index (χ4v) is 2.74. The number of hydrogen-bond acceptors (Lipinski definition) is 6. The van der Waals surface area contributed by atoms with Gasteiger partial charge < -0.3 is 14.7 Å². The monoisotopic (exact) mass is 276 g/mol. The summed E-state index contributed by atoms with van der Waals surface area (Å²) >= 11 is 0. The molecule has 0 N–H and O–H groups in total. The molecule has 0 saturated carbocycles. The Kier molecular flexibility index (Phi) is 3.66. The second-order valence-electron chi connectivity index (χ2n) is 5.30. The minimum atomic E-state index is 0.142. The molecule has 0 spiro atoms. The first-order chi connectivity index (χ1) is 9.74. The molecule has 7 heteroatoms. The van der Waals surface area contributed by atoms with Crippen molar-refractivity contribution in [3.63, 3.8) is 0 Å². The van der Waals surface area contributed by atoms with E-state index in [9.17, 15) is 4.79 Å². The van der Waals surface area contributed by atoms with Crippen LogP contribution in [0.2, 0.25) is 0 Å². The first-order valence-electron chi connectivity index (χ1n) is 7.19. The first kappa shape index (κ1) is 13.1. The van der Waals surface area contributed by atoms with Crippen LogP contribution in [0.25, 0.3) is 0 Å². The lowest BCUT2D eigenvalue weighted by atomic mass is 10.3. The van der Waals surface area contributed by atoms with E-state index in [0.29, 0.717) is 0 Å². The van der Waals surface area contributed by atoms with Crippen LogP contribution in [0.5, 0.6) is 0 Å². The zero-order valence-corrected chi connectivity index (χ0v) is 11.8. The van der Waals surface area contributed by atoms with Crippen molar-refractivity contribution >= 4 is 17.7 Å². The van der Waals surface area contributed by atoms with Gasteiger partial charge in [-0.05, 0) is 12.8 Å². The zero-order chi connectivity index (χ0) is 13.9. The third-order valence-electron chi connectivity index (χ3n) is 3.97. The van der Waals surface area contributed by atoms with Crippen LogP contribution in [0.15, 0.2) is 6.20 Å². The lowest BCUT2D eigenvalue weighted by Gasteiger charge is -2.34. The van der Waals surface area contributed by atoms with Crippen LogP contribution in [-0.4, -0.2) is 65.3 Å². The van der Waals surface area contributed by atoms with Crippen LogP contribution < -0.4 is 9.80 Å². The van der Waals surface area contributed by atoms with Gasteiger partial charge in [0.05, 0.1) is 6.20 Å². The van der Waals surface area contributed by atoms with E-state index in [1.54, 1.807) is 13.1 Å². The van der Waals surface area contributed by atoms with Crippen molar-refractivity contribution in [2.24, 2.45) is 0 Å². The van der Waals surface area contributed by atoms with E-state index in [2.05, 4.69) is 25.0 Å². The Morgan fingerprint density at radius 1 is 1.05 bits per heavy atom. The number of carbonyl (C=O) groups is 1. The second-order valence-corrected chi connectivity index (χ2v) is 5.30. The van der Waals surface area contributed by atoms with Crippen molar-refractivity contribution in [1.29, 1.82) is 0 Å². The molecule has 1 aromatic heterocycles. The van der Waals surface area contributed by atoms with Gasteiger partial charge in [0.2, 0.25) is 11.9 Å². The Bertz CT molecular complexity index is 480. The van der Waals surface area contributed by atoms with Gasteiger partial charge in [-0.3, -0.25) is 4.79 Å². The van der Waals surface area contributed by atoms with Crippen LogP contribution in [0, 0.1) is 0 Å². The third kappa shape index (κ3) is 2.66. The topological polar surface area (TPSA) is 65.5 Å². The average Bonchev–Trinajstić information content (AvgIpc) is 3.02. The summed E-state index contributed by atoms with van der Waals surface area (Å²) in [5, 5.41) is 8.22. The maximum absolute atomic E-state index is 11.3. The first-order valence-corrected chi connectivity index (χ1v) is 7.19. The van der Waals surface area contributed by atoms with Gasteiger partial charge in [0.1, 0.15) is 0 Å². The molecule has 0 unspecified atom stereocenters. The molecule has 20 heavy (non-hydrogen) atoms. The minimum absolute atomic E-state index is 0.142. The van der Waals surface area contributed by atoms with Crippen molar-refractivity contribution in [2.75, 3.05) is 49.1 Å². The molecule has 0 aliphatic carbocycles. The van der Waals surface area contributed by atoms with Crippen LogP contribution in [0.4, 0.5) is 11.8 Å². The van der Waals surface area contributed by atoms with E-state index in [1.165, 1.54) is 12.8 Å². The number of aromatic nitrogens is 3. The van der Waals surface area contributed by atoms with Gasteiger partial charge in [-0.25, -0.2) is 0 Å². The van der Waals surface area contributed by atoms with Crippen molar-refractivity contribution in [3.8, 4) is 0 Å². The Morgan fingerprint density at radius 3 is 2.40 bits per heavy atom. The van der Waals surface area contributed by atoms with E-state index in [1.807, 2.05) is 4.90 Å². The Morgan fingerprint density at radius 2 is 1.75 bits per heavy atom. The van der Waals surface area contributed by atoms with Crippen LogP contribution >= 0.6 is 0 Å². The van der Waals surface area contributed by atoms with Gasteiger partial charge in [0.15, 0.2) is 5.82 Å². The molecule has 0 bridgehead atoms. The molecule has 1 amide bonds. The summed E-state index contributed by atoms with van der Waals surface area (Å²) in [7, 11) is 0. The quantitative estimate of drug-likeness (QED) is 0.765. The number of piperazine rings is 1. The van der Waals surface area contributed by atoms with Crippen molar-refractivity contribution in [3.05, 3.63) is 6.20 Å². The fourth-order valence-electron chi connectivity index (χ4n) is 2.74. The summed E-state index contributed by atoms with van der Waals surface area (Å²) in [6.07, 6.45) is 4.11. The Balaban J connectivity index is 1.68. The standard InChI is InChI=1S/C13H20N6O/c1-11(20)17-6-8-18(9-7-17)12-10-14-16-13(15-12)19-4-2-3-5-19/h10H,2-9H2,1H3. The third-order valence-corrected chi connectivity index (χ3v) is 3.97. The molecule has 3 heterocycles. The summed E-state index contributed by atoms with van der Waals surface area (Å²) in [6, 6.07) is 0. The smallest absolute Gasteiger partial charge is 0.247 e. The molecule has 2 fully saturated rings. The predicted octanol–water partition coefficient (Wildman–Crippen LogP) is 0.140. The Hall–Kier alpha value is -1.92. The minimum Gasteiger partial charge on any atom is -0.352 e. The highest BCUT2D eigenvalue weighted by molar-refractivity contribution is 5.73. The normalized spacial score (nSPS) is 19.6. The van der Waals surface area contributed by atoms with E-state index < -0.39 is 0 Å². The molecule has 7 nitrogen and oxygen atoms in total. The predicted molar refractivity (Wildman–Crippen MR) is 75.7 cm³/mol. The average molecular weight is 276 g/mol. The molecule has 108 valence electrons. The highest BCUT2D eigenvalue weighted by atomic mass is 16.2. The largest absolute Gasteiger partial charge is 0.352 e. The molecule has 2 saturated heterocycles. The number of anilines is 2. The summed E-state index contributed by atoms with van der Waals surface area (Å²) in [5.74, 6) is 1.74. The molecule has 2 aliphatic heterocycles. The van der Waals surface area contributed by atoms with E-state index >= 15 is 0 Å². The molecule has 0 atom stereocenters. The van der Waals surface area contributed by atoms with Crippen molar-refractivity contribution in [1.82, 2.24) is 20.1 Å². The van der Waals surface area contributed by atoms with E-state index in [-0.39, 0.29) is 5.91 Å². The second kappa shape index (κ2) is 5.60. The summed E-state index contributed by atoms with van der Waals surface area (Å²) in [5.41, 5.74) is 0. The summed E-state index contributed by atoms with van der Waals surface area (Å²) in [4.78, 5) is 22.2. The Labute approximate surface area is 118 Å². The van der Waals surface area contributed by atoms with Gasteiger partial charge in [0, 0.05) is 46.2 Å². The number of carbonyl (C=O) groups excluding carboxylic acids is 1. The fraction of sp³-hybridized carbons (Fsp3) is 0.692. The van der Waals surface area contributed by atoms with E-state index in [0.717, 1.165) is 51.0 Å². The SMILES string of the molecule is CC(=O)N1CCN(c2cnnc(N3CCCC3)n2)CC1.